The normalized spacial score (nSPS) is 11.0. The summed E-state index contributed by atoms with van der Waals surface area (Å²) >= 11 is 1.58. The molecule has 0 atom stereocenters. The fourth-order valence-corrected chi connectivity index (χ4v) is 2.88. The number of hydrogen-bond acceptors (Lipinski definition) is 5. The zero-order chi connectivity index (χ0) is 12.7. The number of aromatic nitrogens is 3. The van der Waals surface area contributed by atoms with Crippen molar-refractivity contribution >= 4 is 21.6 Å². The van der Waals surface area contributed by atoms with E-state index in [4.69, 9.17) is 0 Å². The van der Waals surface area contributed by atoms with E-state index in [0.717, 1.165) is 26.2 Å². The molecule has 0 amide bonds. The van der Waals surface area contributed by atoms with Crippen LogP contribution in [0.2, 0.25) is 0 Å². The Morgan fingerprint density at radius 3 is 2.56 bits per heavy atom. The maximum atomic E-state index is 10.0. The van der Waals surface area contributed by atoms with Gasteiger partial charge in [-0.05, 0) is 31.5 Å². The molecule has 0 fully saturated rings. The molecule has 0 aliphatic heterocycles. The van der Waals surface area contributed by atoms with Gasteiger partial charge in [-0.2, -0.15) is 4.98 Å². The van der Waals surface area contributed by atoms with Crippen LogP contribution >= 0.6 is 11.3 Å². The molecule has 0 spiro atoms. The molecular weight excluding hydrogens is 246 g/mol. The second kappa shape index (κ2) is 4.03. The van der Waals surface area contributed by atoms with E-state index in [0.29, 0.717) is 5.82 Å². The summed E-state index contributed by atoms with van der Waals surface area (Å²) in [7, 11) is 0. The number of aromatic hydroxyl groups is 1. The Morgan fingerprint density at radius 1 is 1.11 bits per heavy atom. The largest absolute Gasteiger partial charge is 0.493 e. The highest BCUT2D eigenvalue weighted by molar-refractivity contribution is 7.18. The minimum Gasteiger partial charge on any atom is -0.493 e. The topological polar surface area (TPSA) is 58.9 Å². The highest BCUT2D eigenvalue weighted by Crippen LogP contribution is 2.35. The van der Waals surface area contributed by atoms with Crippen molar-refractivity contribution in [2.75, 3.05) is 0 Å². The summed E-state index contributed by atoms with van der Waals surface area (Å²) in [5.41, 5.74) is 1.90. The molecule has 3 heterocycles. The monoisotopic (exact) mass is 257 g/mol. The molecule has 0 bridgehead atoms. The summed E-state index contributed by atoms with van der Waals surface area (Å²) in [6.07, 6.45) is 3.37. The van der Waals surface area contributed by atoms with E-state index in [1.165, 1.54) is 0 Å². The molecule has 3 aromatic heterocycles. The molecule has 0 radical (unpaired) electrons. The molecule has 0 aliphatic carbocycles. The van der Waals surface area contributed by atoms with Gasteiger partial charge in [-0.1, -0.05) is 0 Å². The Morgan fingerprint density at radius 2 is 1.83 bits per heavy atom. The fourth-order valence-electron chi connectivity index (χ4n) is 1.86. The number of thiophene rings is 1. The third-order valence-corrected chi connectivity index (χ3v) is 4.05. The molecule has 0 aliphatic rings. The van der Waals surface area contributed by atoms with E-state index < -0.39 is 0 Å². The van der Waals surface area contributed by atoms with Crippen LogP contribution in [0, 0.1) is 13.8 Å². The molecule has 3 rings (SSSR count). The molecule has 90 valence electrons. The number of aryl methyl sites for hydroxylation is 2. The van der Waals surface area contributed by atoms with Gasteiger partial charge in [0.1, 0.15) is 4.83 Å². The summed E-state index contributed by atoms with van der Waals surface area (Å²) in [5.74, 6) is 0.581. The molecule has 0 unspecified atom stereocenters. The van der Waals surface area contributed by atoms with Gasteiger partial charge in [0.15, 0.2) is 5.82 Å². The van der Waals surface area contributed by atoms with Crippen LogP contribution in [0.4, 0.5) is 0 Å². The van der Waals surface area contributed by atoms with E-state index in [1.807, 2.05) is 26.0 Å². The number of hydrogen-bond donors (Lipinski definition) is 1. The summed E-state index contributed by atoms with van der Waals surface area (Å²) in [5, 5.41) is 10.8. The summed E-state index contributed by atoms with van der Waals surface area (Å²) < 4.78 is 0. The van der Waals surface area contributed by atoms with Crippen LogP contribution in [0.1, 0.15) is 10.4 Å². The summed E-state index contributed by atoms with van der Waals surface area (Å²) in [4.78, 5) is 14.6. The van der Waals surface area contributed by atoms with Crippen LogP contribution in [0.5, 0.6) is 5.88 Å². The van der Waals surface area contributed by atoms with Gasteiger partial charge >= 0.3 is 0 Å². The lowest BCUT2D eigenvalue weighted by Gasteiger charge is -2.01. The number of rotatable bonds is 1. The van der Waals surface area contributed by atoms with Crippen molar-refractivity contribution in [2.45, 2.75) is 13.8 Å². The van der Waals surface area contributed by atoms with Crippen molar-refractivity contribution in [3.63, 3.8) is 0 Å². The molecule has 5 heteroatoms. The Kier molecular flexibility index (Phi) is 2.48. The summed E-state index contributed by atoms with van der Waals surface area (Å²) in [6, 6.07) is 3.65. The maximum Gasteiger partial charge on any atom is 0.223 e. The van der Waals surface area contributed by atoms with Gasteiger partial charge < -0.3 is 5.11 Å². The molecule has 0 saturated heterocycles. The van der Waals surface area contributed by atoms with Crippen molar-refractivity contribution in [1.82, 2.24) is 15.0 Å². The van der Waals surface area contributed by atoms with Crippen molar-refractivity contribution in [3.05, 3.63) is 35.0 Å². The predicted molar refractivity (Wildman–Crippen MR) is 71.8 cm³/mol. The average Bonchev–Trinajstić information content (AvgIpc) is 2.66. The van der Waals surface area contributed by atoms with Crippen LogP contribution in [-0.4, -0.2) is 20.1 Å². The van der Waals surface area contributed by atoms with E-state index >= 15 is 0 Å². The maximum absolute atomic E-state index is 10.0. The molecule has 4 nitrogen and oxygen atoms in total. The first-order chi connectivity index (χ1) is 8.66. The summed E-state index contributed by atoms with van der Waals surface area (Å²) in [6.45, 7) is 4.00. The predicted octanol–water partition coefficient (Wildman–Crippen LogP) is 3.08. The first-order valence-corrected chi connectivity index (χ1v) is 6.35. The first kappa shape index (κ1) is 11.1. The second-order valence-electron chi connectivity index (χ2n) is 4.07. The van der Waals surface area contributed by atoms with E-state index in [-0.39, 0.29) is 5.88 Å². The van der Waals surface area contributed by atoms with Crippen LogP contribution in [0.25, 0.3) is 21.6 Å². The minimum absolute atomic E-state index is 0.0497. The molecule has 0 saturated carbocycles. The highest BCUT2D eigenvalue weighted by Gasteiger charge is 2.14. The zero-order valence-corrected chi connectivity index (χ0v) is 10.8. The molecule has 18 heavy (non-hydrogen) atoms. The number of fused-ring (bicyclic) bond motifs is 1. The third kappa shape index (κ3) is 1.64. The van der Waals surface area contributed by atoms with Gasteiger partial charge in [0.25, 0.3) is 0 Å². The minimum atomic E-state index is 0.0497. The number of pyridine rings is 1. The van der Waals surface area contributed by atoms with E-state index in [2.05, 4.69) is 15.0 Å². The first-order valence-electron chi connectivity index (χ1n) is 5.54. The van der Waals surface area contributed by atoms with Crippen LogP contribution in [0.3, 0.4) is 0 Å². The van der Waals surface area contributed by atoms with Gasteiger partial charge in [-0.15, -0.1) is 11.3 Å². The lowest BCUT2D eigenvalue weighted by Crippen LogP contribution is -1.89. The number of nitrogens with zero attached hydrogens (tertiary/aromatic N) is 3. The Balaban J connectivity index is 2.28. The highest BCUT2D eigenvalue weighted by atomic mass is 32.1. The van der Waals surface area contributed by atoms with E-state index in [1.54, 1.807) is 23.7 Å². The smallest absolute Gasteiger partial charge is 0.223 e. The van der Waals surface area contributed by atoms with Crippen molar-refractivity contribution < 1.29 is 5.11 Å². The molecule has 3 aromatic rings. The lowest BCUT2D eigenvalue weighted by atomic mass is 10.2. The van der Waals surface area contributed by atoms with Gasteiger partial charge in [0, 0.05) is 22.8 Å². The average molecular weight is 257 g/mol. The standard InChI is InChI=1S/C13H11N3OS/c1-7-8(2)18-13-10(7)12(17)15-11(16-13)9-3-5-14-6-4-9/h3-6H,1-2H3,(H,15,16,17). The quantitative estimate of drug-likeness (QED) is 0.727. The molecule has 1 N–H and O–H groups in total. The van der Waals surface area contributed by atoms with Crippen molar-refractivity contribution in [3.8, 4) is 17.3 Å². The fraction of sp³-hybridized carbons (Fsp3) is 0.154. The Hall–Kier alpha value is -2.01. The third-order valence-electron chi connectivity index (χ3n) is 2.95. The van der Waals surface area contributed by atoms with Gasteiger partial charge in [-0.3, -0.25) is 4.98 Å². The Labute approximate surface area is 108 Å². The van der Waals surface area contributed by atoms with Crippen LogP contribution in [-0.2, 0) is 0 Å². The van der Waals surface area contributed by atoms with Gasteiger partial charge in [0.05, 0.1) is 5.39 Å². The van der Waals surface area contributed by atoms with Crippen molar-refractivity contribution in [1.29, 1.82) is 0 Å². The van der Waals surface area contributed by atoms with E-state index in [9.17, 15) is 5.11 Å². The SMILES string of the molecule is Cc1sc2nc(-c3ccncc3)nc(O)c2c1C. The zero-order valence-electron chi connectivity index (χ0n) is 10.0. The molecular formula is C13H11N3OS. The van der Waals surface area contributed by atoms with Crippen LogP contribution in [0.15, 0.2) is 24.5 Å². The Bertz CT molecular complexity index is 722. The van der Waals surface area contributed by atoms with Crippen LogP contribution < -0.4 is 0 Å². The van der Waals surface area contributed by atoms with Gasteiger partial charge in [0.2, 0.25) is 5.88 Å². The van der Waals surface area contributed by atoms with Crippen molar-refractivity contribution in [2.24, 2.45) is 0 Å². The second-order valence-corrected chi connectivity index (χ2v) is 5.27. The van der Waals surface area contributed by atoms with Gasteiger partial charge in [-0.25, -0.2) is 4.98 Å². The lowest BCUT2D eigenvalue weighted by molar-refractivity contribution is 0.460. The molecule has 0 aromatic carbocycles.